The van der Waals surface area contributed by atoms with Gasteiger partial charge in [-0.05, 0) is 48.6 Å². The molecule has 0 spiro atoms. The summed E-state index contributed by atoms with van der Waals surface area (Å²) >= 11 is 6.02. The standard InChI is InChI=1S/C10H10ClF/c1-6-4-7(12)5-9-8(6)2-3-10(9)11/h4-5,10H,2-3H2,1H3. The first-order chi connectivity index (χ1) is 5.68. The first-order valence-corrected chi connectivity index (χ1v) is 4.55. The molecule has 1 aliphatic rings. The Morgan fingerprint density at radius 1 is 1.50 bits per heavy atom. The highest BCUT2D eigenvalue weighted by atomic mass is 35.5. The summed E-state index contributed by atoms with van der Waals surface area (Å²) in [6.07, 6.45) is 1.94. The van der Waals surface area contributed by atoms with E-state index in [0.29, 0.717) is 0 Å². The van der Waals surface area contributed by atoms with Crippen LogP contribution in [0.15, 0.2) is 12.1 Å². The zero-order valence-electron chi connectivity index (χ0n) is 6.90. The maximum absolute atomic E-state index is 12.9. The van der Waals surface area contributed by atoms with Gasteiger partial charge in [0.25, 0.3) is 0 Å². The molecule has 0 heterocycles. The van der Waals surface area contributed by atoms with E-state index in [4.69, 9.17) is 11.6 Å². The van der Waals surface area contributed by atoms with Crippen LogP contribution in [-0.2, 0) is 6.42 Å². The summed E-state index contributed by atoms with van der Waals surface area (Å²) in [5.74, 6) is -0.168. The summed E-state index contributed by atoms with van der Waals surface area (Å²) in [7, 11) is 0. The fourth-order valence-corrected chi connectivity index (χ4v) is 2.15. The topological polar surface area (TPSA) is 0 Å². The molecule has 0 aliphatic heterocycles. The lowest BCUT2D eigenvalue weighted by atomic mass is 10.0. The monoisotopic (exact) mass is 184 g/mol. The highest BCUT2D eigenvalue weighted by Gasteiger charge is 2.22. The minimum atomic E-state index is -0.168. The predicted molar refractivity (Wildman–Crippen MR) is 48.1 cm³/mol. The number of aryl methyl sites for hydroxylation is 1. The van der Waals surface area contributed by atoms with Crippen molar-refractivity contribution in [1.29, 1.82) is 0 Å². The number of halogens is 2. The van der Waals surface area contributed by atoms with Crippen molar-refractivity contribution in [2.45, 2.75) is 25.1 Å². The molecule has 1 aromatic rings. The second-order valence-corrected chi connectivity index (χ2v) is 3.82. The molecule has 0 saturated carbocycles. The van der Waals surface area contributed by atoms with E-state index in [1.807, 2.05) is 6.92 Å². The van der Waals surface area contributed by atoms with E-state index in [2.05, 4.69) is 0 Å². The Morgan fingerprint density at radius 3 is 3.00 bits per heavy atom. The molecule has 1 aromatic carbocycles. The SMILES string of the molecule is Cc1cc(F)cc2c1CCC2Cl. The van der Waals surface area contributed by atoms with Crippen molar-refractivity contribution in [3.05, 3.63) is 34.6 Å². The van der Waals surface area contributed by atoms with E-state index in [1.165, 1.54) is 5.56 Å². The van der Waals surface area contributed by atoms with Crippen LogP contribution >= 0.6 is 11.6 Å². The smallest absolute Gasteiger partial charge is 0.123 e. The van der Waals surface area contributed by atoms with Crippen LogP contribution in [0.2, 0.25) is 0 Å². The average molecular weight is 185 g/mol. The molecular formula is C10H10ClF. The second kappa shape index (κ2) is 2.74. The minimum Gasteiger partial charge on any atom is -0.207 e. The van der Waals surface area contributed by atoms with Crippen molar-refractivity contribution < 1.29 is 4.39 Å². The zero-order valence-corrected chi connectivity index (χ0v) is 7.66. The van der Waals surface area contributed by atoms with Gasteiger partial charge in [-0.3, -0.25) is 0 Å². The minimum absolute atomic E-state index is 0.0226. The van der Waals surface area contributed by atoms with Gasteiger partial charge in [0.2, 0.25) is 0 Å². The van der Waals surface area contributed by atoms with Gasteiger partial charge in [0.1, 0.15) is 5.82 Å². The highest BCUT2D eigenvalue weighted by Crippen LogP contribution is 2.37. The van der Waals surface area contributed by atoms with Crippen LogP contribution in [0.1, 0.15) is 28.5 Å². The Kier molecular flexibility index (Phi) is 1.84. The summed E-state index contributed by atoms with van der Waals surface area (Å²) in [6, 6.07) is 3.14. The van der Waals surface area contributed by atoms with E-state index >= 15 is 0 Å². The molecule has 1 aliphatic carbocycles. The van der Waals surface area contributed by atoms with Gasteiger partial charge in [0.05, 0.1) is 5.38 Å². The first-order valence-electron chi connectivity index (χ1n) is 4.11. The lowest BCUT2D eigenvalue weighted by molar-refractivity contribution is 0.624. The number of fused-ring (bicyclic) bond motifs is 1. The molecule has 0 amide bonds. The molecular weight excluding hydrogens is 175 g/mol. The van der Waals surface area contributed by atoms with Crippen molar-refractivity contribution in [3.8, 4) is 0 Å². The average Bonchev–Trinajstić information content (AvgIpc) is 2.33. The van der Waals surface area contributed by atoms with Crippen LogP contribution < -0.4 is 0 Å². The first kappa shape index (κ1) is 8.06. The van der Waals surface area contributed by atoms with E-state index in [1.54, 1.807) is 12.1 Å². The number of rotatable bonds is 0. The maximum Gasteiger partial charge on any atom is 0.123 e. The molecule has 12 heavy (non-hydrogen) atoms. The van der Waals surface area contributed by atoms with Crippen molar-refractivity contribution in [1.82, 2.24) is 0 Å². The highest BCUT2D eigenvalue weighted by molar-refractivity contribution is 6.21. The summed E-state index contributed by atoms with van der Waals surface area (Å²) in [5.41, 5.74) is 3.28. The van der Waals surface area contributed by atoms with E-state index in [9.17, 15) is 4.39 Å². The van der Waals surface area contributed by atoms with Crippen molar-refractivity contribution >= 4 is 11.6 Å². The van der Waals surface area contributed by atoms with Gasteiger partial charge in [-0.1, -0.05) is 0 Å². The van der Waals surface area contributed by atoms with Gasteiger partial charge in [-0.15, -0.1) is 11.6 Å². The molecule has 0 nitrogen and oxygen atoms in total. The number of hydrogen-bond acceptors (Lipinski definition) is 0. The largest absolute Gasteiger partial charge is 0.207 e. The maximum atomic E-state index is 12.9. The Labute approximate surface area is 76.4 Å². The van der Waals surface area contributed by atoms with Crippen molar-refractivity contribution in [2.24, 2.45) is 0 Å². The molecule has 0 saturated heterocycles. The Bertz CT molecular complexity index is 320. The third-order valence-electron chi connectivity index (χ3n) is 2.46. The van der Waals surface area contributed by atoms with Gasteiger partial charge in [-0.25, -0.2) is 4.39 Å². The van der Waals surface area contributed by atoms with Crippen LogP contribution in [0, 0.1) is 12.7 Å². The zero-order chi connectivity index (χ0) is 8.72. The Balaban J connectivity index is 2.60. The molecule has 0 fully saturated rings. The van der Waals surface area contributed by atoms with Crippen LogP contribution in [-0.4, -0.2) is 0 Å². The lowest BCUT2D eigenvalue weighted by Gasteiger charge is -2.05. The number of alkyl halides is 1. The van der Waals surface area contributed by atoms with Gasteiger partial charge >= 0.3 is 0 Å². The molecule has 2 rings (SSSR count). The normalized spacial score (nSPS) is 21.1. The third-order valence-corrected chi connectivity index (χ3v) is 2.91. The molecule has 0 bridgehead atoms. The van der Waals surface area contributed by atoms with E-state index in [0.717, 1.165) is 24.0 Å². The van der Waals surface area contributed by atoms with Crippen molar-refractivity contribution in [3.63, 3.8) is 0 Å². The summed E-state index contributed by atoms with van der Waals surface area (Å²) in [6.45, 7) is 1.94. The van der Waals surface area contributed by atoms with Crippen LogP contribution in [0.25, 0.3) is 0 Å². The predicted octanol–water partition coefficient (Wildman–Crippen LogP) is 3.36. The Hall–Kier alpha value is -0.560. The number of hydrogen-bond donors (Lipinski definition) is 0. The third kappa shape index (κ3) is 1.13. The Morgan fingerprint density at radius 2 is 2.25 bits per heavy atom. The summed E-state index contributed by atoms with van der Waals surface area (Å²) < 4.78 is 12.9. The van der Waals surface area contributed by atoms with Gasteiger partial charge < -0.3 is 0 Å². The van der Waals surface area contributed by atoms with Crippen molar-refractivity contribution in [2.75, 3.05) is 0 Å². The van der Waals surface area contributed by atoms with Gasteiger partial charge in [-0.2, -0.15) is 0 Å². The van der Waals surface area contributed by atoms with Gasteiger partial charge in [0.15, 0.2) is 0 Å². The summed E-state index contributed by atoms with van der Waals surface area (Å²) in [4.78, 5) is 0. The van der Waals surface area contributed by atoms with E-state index < -0.39 is 0 Å². The second-order valence-electron chi connectivity index (χ2n) is 3.30. The van der Waals surface area contributed by atoms with Crippen LogP contribution in [0.3, 0.4) is 0 Å². The van der Waals surface area contributed by atoms with E-state index in [-0.39, 0.29) is 11.2 Å². The molecule has 1 atom stereocenters. The lowest BCUT2D eigenvalue weighted by Crippen LogP contribution is -1.90. The molecule has 64 valence electrons. The molecule has 2 heteroatoms. The fourth-order valence-electron chi connectivity index (χ4n) is 1.85. The molecule has 0 N–H and O–H groups in total. The summed E-state index contributed by atoms with van der Waals surface area (Å²) in [5, 5.41) is 0.0226. The van der Waals surface area contributed by atoms with Crippen LogP contribution in [0.4, 0.5) is 4.39 Å². The number of benzene rings is 1. The molecule has 0 radical (unpaired) electrons. The molecule has 0 aromatic heterocycles. The quantitative estimate of drug-likeness (QED) is 0.543. The molecule has 1 unspecified atom stereocenters. The fraction of sp³-hybridized carbons (Fsp3) is 0.400. The van der Waals surface area contributed by atoms with Gasteiger partial charge in [0, 0.05) is 0 Å². The van der Waals surface area contributed by atoms with Crippen LogP contribution in [0.5, 0.6) is 0 Å².